The summed E-state index contributed by atoms with van der Waals surface area (Å²) in [7, 11) is 0. The molecule has 74 valence electrons. The zero-order valence-electron chi connectivity index (χ0n) is 7.91. The summed E-state index contributed by atoms with van der Waals surface area (Å²) in [6.07, 6.45) is 5.25. The monoisotopic (exact) mass is 192 g/mol. The highest BCUT2D eigenvalue weighted by atomic mass is 16.7. The summed E-state index contributed by atoms with van der Waals surface area (Å²) in [5, 5.41) is 0. The van der Waals surface area contributed by atoms with Gasteiger partial charge in [-0.15, -0.1) is 0 Å². The molecule has 3 nitrogen and oxygen atoms in total. The first-order chi connectivity index (χ1) is 6.83. The Kier molecular flexibility index (Phi) is 1.66. The van der Waals surface area contributed by atoms with Crippen molar-refractivity contribution in [3.8, 4) is 0 Å². The van der Waals surface area contributed by atoms with Crippen molar-refractivity contribution >= 4 is 5.78 Å². The smallest absolute Gasteiger partial charge is 0.230 e. The molecule has 1 aliphatic heterocycles. The molecular formula is C11H12O3. The van der Waals surface area contributed by atoms with Crippen LogP contribution < -0.4 is 0 Å². The molecule has 0 aromatic carbocycles. The summed E-state index contributed by atoms with van der Waals surface area (Å²) in [6, 6.07) is 0. The molecule has 0 amide bonds. The van der Waals surface area contributed by atoms with Crippen LogP contribution in [0.5, 0.6) is 0 Å². The number of allylic oxidation sites excluding steroid dienone is 3. The van der Waals surface area contributed by atoms with Gasteiger partial charge in [0.1, 0.15) is 11.5 Å². The van der Waals surface area contributed by atoms with Gasteiger partial charge in [-0.2, -0.15) is 0 Å². The quantitative estimate of drug-likeness (QED) is 0.588. The standard InChI is InChI=1S/C11H12O3/c12-9-2-1-7-4-10-11(14-6-13-10)5-8(7)3-9/h5,7H,1-4,6H2. The Balaban J connectivity index is 1.91. The van der Waals surface area contributed by atoms with Gasteiger partial charge in [0.05, 0.1) is 0 Å². The maximum atomic E-state index is 11.3. The molecule has 3 heteroatoms. The number of hydrogen-bond acceptors (Lipinski definition) is 3. The van der Waals surface area contributed by atoms with Gasteiger partial charge in [-0.25, -0.2) is 0 Å². The van der Waals surface area contributed by atoms with Crippen molar-refractivity contribution in [3.63, 3.8) is 0 Å². The fourth-order valence-electron chi connectivity index (χ4n) is 2.37. The fraction of sp³-hybridized carbons (Fsp3) is 0.545. The first kappa shape index (κ1) is 8.09. The Morgan fingerprint density at radius 1 is 1.36 bits per heavy atom. The molecule has 3 aliphatic rings. The van der Waals surface area contributed by atoms with E-state index in [0.29, 0.717) is 24.9 Å². The molecule has 14 heavy (non-hydrogen) atoms. The van der Waals surface area contributed by atoms with Gasteiger partial charge in [-0.1, -0.05) is 5.57 Å². The number of carbonyl (C=O) groups is 1. The maximum absolute atomic E-state index is 11.3. The number of fused-ring (bicyclic) bond motifs is 1. The molecule has 0 aromatic heterocycles. The van der Waals surface area contributed by atoms with Gasteiger partial charge in [-0.3, -0.25) is 4.79 Å². The predicted octanol–water partition coefficient (Wildman–Crippen LogP) is 1.90. The Bertz CT molecular complexity index is 352. The van der Waals surface area contributed by atoms with Gasteiger partial charge >= 0.3 is 0 Å². The molecule has 1 unspecified atom stereocenters. The number of rotatable bonds is 0. The third-order valence-corrected chi connectivity index (χ3v) is 3.17. The van der Waals surface area contributed by atoms with Crippen LogP contribution in [-0.4, -0.2) is 12.6 Å². The first-order valence-electron chi connectivity index (χ1n) is 5.04. The fourth-order valence-corrected chi connectivity index (χ4v) is 2.37. The minimum absolute atomic E-state index is 0.342. The van der Waals surface area contributed by atoms with Crippen LogP contribution in [0.2, 0.25) is 0 Å². The van der Waals surface area contributed by atoms with E-state index >= 15 is 0 Å². The zero-order valence-corrected chi connectivity index (χ0v) is 7.91. The van der Waals surface area contributed by atoms with Crippen LogP contribution in [-0.2, 0) is 14.3 Å². The van der Waals surface area contributed by atoms with Gasteiger partial charge < -0.3 is 9.47 Å². The van der Waals surface area contributed by atoms with Crippen LogP contribution in [0.1, 0.15) is 25.7 Å². The summed E-state index contributed by atoms with van der Waals surface area (Å²) in [5.41, 5.74) is 1.24. The Labute approximate surface area is 82.4 Å². The lowest BCUT2D eigenvalue weighted by molar-refractivity contribution is -0.119. The van der Waals surface area contributed by atoms with Gasteiger partial charge in [0, 0.05) is 19.3 Å². The average Bonchev–Trinajstić information content (AvgIpc) is 2.61. The molecular weight excluding hydrogens is 180 g/mol. The van der Waals surface area contributed by atoms with Gasteiger partial charge in [0.2, 0.25) is 6.79 Å². The van der Waals surface area contributed by atoms with Gasteiger partial charge in [0.25, 0.3) is 0 Å². The predicted molar refractivity (Wildman–Crippen MR) is 49.1 cm³/mol. The summed E-state index contributed by atoms with van der Waals surface area (Å²) in [4.78, 5) is 11.3. The normalized spacial score (nSPS) is 30.1. The lowest BCUT2D eigenvalue weighted by atomic mass is 9.78. The highest BCUT2D eigenvalue weighted by Gasteiger charge is 2.32. The van der Waals surface area contributed by atoms with Crippen molar-refractivity contribution in [2.75, 3.05) is 6.79 Å². The second kappa shape index (κ2) is 2.87. The highest BCUT2D eigenvalue weighted by molar-refractivity contribution is 5.82. The number of ether oxygens (including phenoxy) is 2. The maximum Gasteiger partial charge on any atom is 0.230 e. The van der Waals surface area contributed by atoms with E-state index < -0.39 is 0 Å². The summed E-state index contributed by atoms with van der Waals surface area (Å²) >= 11 is 0. The molecule has 3 rings (SSSR count). The van der Waals surface area contributed by atoms with Crippen molar-refractivity contribution in [2.24, 2.45) is 5.92 Å². The molecule has 0 N–H and O–H groups in total. The lowest BCUT2D eigenvalue weighted by Gasteiger charge is -2.27. The van der Waals surface area contributed by atoms with Crippen LogP contribution >= 0.6 is 0 Å². The minimum Gasteiger partial charge on any atom is -0.458 e. The Morgan fingerprint density at radius 3 is 3.21 bits per heavy atom. The van der Waals surface area contributed by atoms with Crippen LogP contribution in [0.25, 0.3) is 0 Å². The molecule has 0 aromatic rings. The van der Waals surface area contributed by atoms with E-state index in [-0.39, 0.29) is 0 Å². The largest absolute Gasteiger partial charge is 0.458 e. The second-order valence-electron chi connectivity index (χ2n) is 4.07. The van der Waals surface area contributed by atoms with E-state index in [1.807, 2.05) is 6.08 Å². The van der Waals surface area contributed by atoms with Crippen LogP contribution in [0.15, 0.2) is 23.2 Å². The van der Waals surface area contributed by atoms with Gasteiger partial charge in [-0.05, 0) is 18.4 Å². The zero-order chi connectivity index (χ0) is 9.54. The number of Topliss-reactive ketones (excluding diaryl/α,β-unsaturated/α-hetero) is 1. The molecule has 1 heterocycles. The second-order valence-corrected chi connectivity index (χ2v) is 4.07. The molecule has 1 atom stereocenters. The van der Waals surface area contributed by atoms with Crippen molar-refractivity contribution in [1.82, 2.24) is 0 Å². The third-order valence-electron chi connectivity index (χ3n) is 3.17. The minimum atomic E-state index is 0.342. The topological polar surface area (TPSA) is 35.5 Å². The molecule has 1 fully saturated rings. The molecule has 0 spiro atoms. The summed E-state index contributed by atoms with van der Waals surface area (Å²) in [5.74, 6) is 2.71. The van der Waals surface area contributed by atoms with E-state index in [9.17, 15) is 4.79 Å². The molecule has 2 aliphatic carbocycles. The van der Waals surface area contributed by atoms with Crippen molar-refractivity contribution in [1.29, 1.82) is 0 Å². The first-order valence-corrected chi connectivity index (χ1v) is 5.04. The Hall–Kier alpha value is -1.25. The van der Waals surface area contributed by atoms with Crippen molar-refractivity contribution < 1.29 is 14.3 Å². The van der Waals surface area contributed by atoms with Crippen LogP contribution in [0.4, 0.5) is 0 Å². The van der Waals surface area contributed by atoms with E-state index in [1.54, 1.807) is 0 Å². The SMILES string of the molecule is O=C1CCC2CC3=C(C=C2C1)OCO3. The summed E-state index contributed by atoms with van der Waals surface area (Å²) in [6.45, 7) is 0.342. The molecule has 0 saturated heterocycles. The van der Waals surface area contributed by atoms with Crippen LogP contribution in [0.3, 0.4) is 0 Å². The number of carbonyl (C=O) groups excluding carboxylic acids is 1. The molecule has 0 radical (unpaired) electrons. The third kappa shape index (κ3) is 1.15. The van der Waals surface area contributed by atoms with Gasteiger partial charge in [0.15, 0.2) is 5.76 Å². The molecule has 0 bridgehead atoms. The van der Waals surface area contributed by atoms with E-state index in [4.69, 9.17) is 9.47 Å². The summed E-state index contributed by atoms with van der Waals surface area (Å²) < 4.78 is 10.7. The lowest BCUT2D eigenvalue weighted by Crippen LogP contribution is -2.20. The van der Waals surface area contributed by atoms with E-state index in [1.165, 1.54) is 5.57 Å². The average molecular weight is 192 g/mol. The van der Waals surface area contributed by atoms with Crippen molar-refractivity contribution in [3.05, 3.63) is 23.2 Å². The number of ketones is 1. The van der Waals surface area contributed by atoms with Crippen molar-refractivity contribution in [2.45, 2.75) is 25.7 Å². The highest BCUT2D eigenvalue weighted by Crippen LogP contribution is 2.40. The Morgan fingerprint density at radius 2 is 2.29 bits per heavy atom. The van der Waals surface area contributed by atoms with E-state index in [2.05, 4.69) is 0 Å². The van der Waals surface area contributed by atoms with Crippen LogP contribution in [0, 0.1) is 5.92 Å². The molecule has 1 saturated carbocycles. The van der Waals surface area contributed by atoms with E-state index in [0.717, 1.165) is 30.8 Å². The number of hydrogen-bond donors (Lipinski definition) is 0.